The zero-order chi connectivity index (χ0) is 13.5. The van der Waals surface area contributed by atoms with Gasteiger partial charge in [-0.15, -0.1) is 10.2 Å². The number of nitriles is 1. The summed E-state index contributed by atoms with van der Waals surface area (Å²) in [5.41, 5.74) is 2.07. The van der Waals surface area contributed by atoms with Crippen molar-refractivity contribution >= 4 is 5.65 Å². The number of benzene rings is 1. The molecule has 0 fully saturated rings. The second-order valence-electron chi connectivity index (χ2n) is 4.35. The van der Waals surface area contributed by atoms with E-state index in [1.165, 1.54) is 0 Å². The molecule has 4 rings (SSSR count). The minimum atomic E-state index is 0.241. The highest BCUT2D eigenvalue weighted by molar-refractivity contribution is 5.64. The van der Waals surface area contributed by atoms with Crippen molar-refractivity contribution in [2.24, 2.45) is 0 Å². The fourth-order valence-corrected chi connectivity index (χ4v) is 2.19. The van der Waals surface area contributed by atoms with E-state index in [0.29, 0.717) is 22.8 Å². The fourth-order valence-electron chi connectivity index (χ4n) is 2.19. The quantitative estimate of drug-likeness (QED) is 0.672. The zero-order valence-electron chi connectivity index (χ0n) is 10.3. The smallest absolute Gasteiger partial charge is 0.231 e. The van der Waals surface area contributed by atoms with E-state index in [1.807, 2.05) is 22.6 Å². The van der Waals surface area contributed by atoms with Crippen molar-refractivity contribution in [3.8, 4) is 29.0 Å². The van der Waals surface area contributed by atoms with Gasteiger partial charge in [0.2, 0.25) is 6.79 Å². The van der Waals surface area contributed by atoms with Gasteiger partial charge < -0.3 is 9.47 Å². The van der Waals surface area contributed by atoms with Crippen LogP contribution >= 0.6 is 0 Å². The van der Waals surface area contributed by atoms with E-state index >= 15 is 0 Å². The third-order valence-electron chi connectivity index (χ3n) is 3.17. The second kappa shape index (κ2) is 3.96. The summed E-state index contributed by atoms with van der Waals surface area (Å²) in [6, 6.07) is 11.1. The lowest BCUT2D eigenvalue weighted by Crippen LogP contribution is -1.93. The van der Waals surface area contributed by atoms with Crippen LogP contribution < -0.4 is 9.47 Å². The van der Waals surface area contributed by atoms with E-state index in [0.717, 1.165) is 11.3 Å². The highest BCUT2D eigenvalue weighted by Crippen LogP contribution is 2.35. The molecule has 3 heterocycles. The number of nitrogens with zero attached hydrogens (tertiary/aromatic N) is 4. The first-order valence-corrected chi connectivity index (χ1v) is 6.00. The summed E-state index contributed by atoms with van der Waals surface area (Å²) >= 11 is 0. The van der Waals surface area contributed by atoms with Gasteiger partial charge in [0.25, 0.3) is 0 Å². The highest BCUT2D eigenvalue weighted by Gasteiger charge is 2.16. The van der Waals surface area contributed by atoms with Crippen LogP contribution in [0.25, 0.3) is 17.0 Å². The average molecular weight is 264 g/mol. The molecule has 6 heteroatoms. The lowest BCUT2D eigenvalue weighted by Gasteiger charge is -2.02. The zero-order valence-corrected chi connectivity index (χ0v) is 10.3. The second-order valence-corrected chi connectivity index (χ2v) is 4.35. The molecule has 0 saturated heterocycles. The van der Waals surface area contributed by atoms with Crippen molar-refractivity contribution in [1.82, 2.24) is 14.6 Å². The Kier molecular flexibility index (Phi) is 2.14. The summed E-state index contributed by atoms with van der Waals surface area (Å²) in [6.07, 6.45) is 1.79. The Hall–Kier alpha value is -3.07. The maximum atomic E-state index is 8.89. The molecule has 6 nitrogen and oxygen atoms in total. The van der Waals surface area contributed by atoms with Crippen LogP contribution in [0.5, 0.6) is 11.5 Å². The number of hydrogen-bond acceptors (Lipinski definition) is 5. The molecule has 2 aromatic heterocycles. The SMILES string of the molecule is N#Cc1ccn2c(-c3ccc4c(c3)OCO4)nnc2c1. The Balaban J connectivity index is 1.88. The van der Waals surface area contributed by atoms with Crippen LogP contribution in [0.15, 0.2) is 36.5 Å². The van der Waals surface area contributed by atoms with Crippen LogP contribution in [-0.4, -0.2) is 21.4 Å². The highest BCUT2D eigenvalue weighted by atomic mass is 16.7. The number of aromatic nitrogens is 3. The number of fused-ring (bicyclic) bond motifs is 2. The van der Waals surface area contributed by atoms with E-state index in [9.17, 15) is 0 Å². The lowest BCUT2D eigenvalue weighted by atomic mass is 10.2. The molecule has 0 saturated carbocycles. The Morgan fingerprint density at radius 1 is 1.10 bits per heavy atom. The summed E-state index contributed by atoms with van der Waals surface area (Å²) in [5, 5.41) is 17.1. The van der Waals surface area contributed by atoms with Crippen LogP contribution in [-0.2, 0) is 0 Å². The average Bonchev–Trinajstić information content (AvgIpc) is 3.11. The normalized spacial score (nSPS) is 12.6. The van der Waals surface area contributed by atoms with Gasteiger partial charge in [0, 0.05) is 17.8 Å². The van der Waals surface area contributed by atoms with Gasteiger partial charge in [-0.3, -0.25) is 4.40 Å². The molecule has 0 unspecified atom stereocenters. The molecule has 1 aliphatic rings. The molecule has 0 N–H and O–H groups in total. The van der Waals surface area contributed by atoms with Crippen molar-refractivity contribution in [2.45, 2.75) is 0 Å². The Labute approximate surface area is 113 Å². The summed E-state index contributed by atoms with van der Waals surface area (Å²) in [5.74, 6) is 2.13. The summed E-state index contributed by atoms with van der Waals surface area (Å²) in [6.45, 7) is 0.241. The van der Waals surface area contributed by atoms with Crippen LogP contribution in [0.3, 0.4) is 0 Å². The van der Waals surface area contributed by atoms with Crippen molar-refractivity contribution < 1.29 is 9.47 Å². The van der Waals surface area contributed by atoms with Gasteiger partial charge in [0.05, 0.1) is 11.6 Å². The molecule has 3 aromatic rings. The van der Waals surface area contributed by atoms with Crippen LogP contribution in [0.2, 0.25) is 0 Å². The van der Waals surface area contributed by atoms with E-state index in [1.54, 1.807) is 18.3 Å². The lowest BCUT2D eigenvalue weighted by molar-refractivity contribution is 0.174. The molecular weight excluding hydrogens is 256 g/mol. The maximum Gasteiger partial charge on any atom is 0.231 e. The molecule has 0 radical (unpaired) electrons. The van der Waals surface area contributed by atoms with Gasteiger partial charge in [-0.05, 0) is 24.3 Å². The van der Waals surface area contributed by atoms with E-state index in [2.05, 4.69) is 16.3 Å². The van der Waals surface area contributed by atoms with Crippen molar-refractivity contribution in [1.29, 1.82) is 5.26 Å². The van der Waals surface area contributed by atoms with Crippen LogP contribution in [0.1, 0.15) is 5.56 Å². The summed E-state index contributed by atoms with van der Waals surface area (Å²) < 4.78 is 12.5. The Morgan fingerprint density at radius 3 is 2.90 bits per heavy atom. The predicted molar refractivity (Wildman–Crippen MR) is 69.3 cm³/mol. The van der Waals surface area contributed by atoms with Crippen LogP contribution in [0.4, 0.5) is 0 Å². The number of pyridine rings is 1. The molecular formula is C14H8N4O2. The molecule has 0 bridgehead atoms. The van der Waals surface area contributed by atoms with Crippen molar-refractivity contribution in [3.05, 3.63) is 42.1 Å². The number of rotatable bonds is 1. The third-order valence-corrected chi connectivity index (χ3v) is 3.17. The third kappa shape index (κ3) is 1.50. The first-order chi connectivity index (χ1) is 9.85. The van der Waals surface area contributed by atoms with Gasteiger partial charge in [0.1, 0.15) is 0 Å². The monoisotopic (exact) mass is 264 g/mol. The number of ether oxygens (including phenoxy) is 2. The molecule has 1 aliphatic heterocycles. The first-order valence-electron chi connectivity index (χ1n) is 6.00. The molecule has 1 aromatic carbocycles. The van der Waals surface area contributed by atoms with Gasteiger partial charge in [-0.25, -0.2) is 0 Å². The van der Waals surface area contributed by atoms with Gasteiger partial charge in [-0.1, -0.05) is 0 Å². The topological polar surface area (TPSA) is 72.4 Å². The molecule has 20 heavy (non-hydrogen) atoms. The van der Waals surface area contributed by atoms with Crippen LogP contribution in [0, 0.1) is 11.3 Å². The molecule has 0 atom stereocenters. The minimum absolute atomic E-state index is 0.241. The standard InChI is InChI=1S/C14H8N4O2/c15-7-9-3-4-18-13(5-9)16-17-14(18)10-1-2-11-12(6-10)20-8-19-11/h1-6H,8H2. The Bertz CT molecular complexity index is 863. The van der Waals surface area contributed by atoms with Gasteiger partial charge >= 0.3 is 0 Å². The van der Waals surface area contributed by atoms with Crippen molar-refractivity contribution in [2.75, 3.05) is 6.79 Å². The van der Waals surface area contributed by atoms with E-state index in [4.69, 9.17) is 14.7 Å². The molecule has 96 valence electrons. The Morgan fingerprint density at radius 2 is 2.00 bits per heavy atom. The molecule has 0 amide bonds. The first kappa shape index (κ1) is 10.8. The molecule has 0 aliphatic carbocycles. The fraction of sp³-hybridized carbons (Fsp3) is 0.0714. The van der Waals surface area contributed by atoms with Gasteiger partial charge in [0.15, 0.2) is 23.0 Å². The predicted octanol–water partition coefficient (Wildman–Crippen LogP) is 2.00. The number of hydrogen-bond donors (Lipinski definition) is 0. The minimum Gasteiger partial charge on any atom is -0.454 e. The summed E-state index contributed by atoms with van der Waals surface area (Å²) in [7, 11) is 0. The van der Waals surface area contributed by atoms with E-state index < -0.39 is 0 Å². The maximum absolute atomic E-state index is 8.89. The largest absolute Gasteiger partial charge is 0.454 e. The molecule has 0 spiro atoms. The van der Waals surface area contributed by atoms with Gasteiger partial charge in [-0.2, -0.15) is 5.26 Å². The van der Waals surface area contributed by atoms with Crippen molar-refractivity contribution in [3.63, 3.8) is 0 Å². The van der Waals surface area contributed by atoms with E-state index in [-0.39, 0.29) is 6.79 Å². The summed E-state index contributed by atoms with van der Waals surface area (Å²) in [4.78, 5) is 0.